The van der Waals surface area contributed by atoms with Crippen LogP contribution in [0.15, 0.2) is 23.1 Å². The molecule has 6 nitrogen and oxygen atoms in total. The van der Waals surface area contributed by atoms with Crippen LogP contribution in [0.4, 0.5) is 0 Å². The Bertz CT molecular complexity index is 492. The molecule has 0 aliphatic rings. The SMILES string of the molecule is CCNC(=O)C(C)n1cc(C(=O)O)ccc1=O. The minimum atomic E-state index is -1.14. The summed E-state index contributed by atoms with van der Waals surface area (Å²) in [6.45, 7) is 3.76. The lowest BCUT2D eigenvalue weighted by Crippen LogP contribution is -2.35. The number of likely N-dealkylation sites (N-methyl/N-ethyl adjacent to an activating group) is 1. The Labute approximate surface area is 97.9 Å². The molecule has 6 heteroatoms. The highest BCUT2D eigenvalue weighted by molar-refractivity contribution is 5.87. The number of hydrogen-bond donors (Lipinski definition) is 2. The molecule has 1 aromatic rings. The van der Waals surface area contributed by atoms with Crippen LogP contribution in [0.1, 0.15) is 30.2 Å². The van der Waals surface area contributed by atoms with Crippen molar-refractivity contribution in [3.63, 3.8) is 0 Å². The summed E-state index contributed by atoms with van der Waals surface area (Å²) in [6.07, 6.45) is 1.17. The highest BCUT2D eigenvalue weighted by atomic mass is 16.4. The first-order chi connectivity index (χ1) is 7.97. The number of amides is 1. The van der Waals surface area contributed by atoms with Gasteiger partial charge in [0.1, 0.15) is 6.04 Å². The molecule has 0 fully saturated rings. The second-order valence-electron chi connectivity index (χ2n) is 3.54. The number of nitrogens with zero attached hydrogens (tertiary/aromatic N) is 1. The average Bonchev–Trinajstić information content (AvgIpc) is 2.28. The second-order valence-corrected chi connectivity index (χ2v) is 3.54. The summed E-state index contributed by atoms with van der Waals surface area (Å²) in [4.78, 5) is 33.9. The molecule has 1 amide bonds. The highest BCUT2D eigenvalue weighted by Crippen LogP contribution is 2.04. The standard InChI is InChI=1S/C11H14N2O4/c1-3-12-10(15)7(2)13-6-8(11(16)17)4-5-9(13)14/h4-7H,3H2,1-2H3,(H,12,15)(H,16,17). The van der Waals surface area contributed by atoms with Crippen molar-refractivity contribution in [2.24, 2.45) is 0 Å². The lowest BCUT2D eigenvalue weighted by Gasteiger charge is -2.14. The number of hydrogen-bond acceptors (Lipinski definition) is 3. The molecule has 0 aromatic carbocycles. The zero-order valence-electron chi connectivity index (χ0n) is 9.64. The first kappa shape index (κ1) is 13.0. The summed E-state index contributed by atoms with van der Waals surface area (Å²) in [5.74, 6) is -1.46. The molecule has 1 atom stereocenters. The summed E-state index contributed by atoms with van der Waals surface area (Å²) in [7, 11) is 0. The quantitative estimate of drug-likeness (QED) is 0.786. The maximum atomic E-state index is 11.6. The Morgan fingerprint density at radius 1 is 1.47 bits per heavy atom. The molecule has 0 radical (unpaired) electrons. The summed E-state index contributed by atoms with van der Waals surface area (Å²) >= 11 is 0. The van der Waals surface area contributed by atoms with E-state index in [2.05, 4.69) is 5.32 Å². The maximum absolute atomic E-state index is 11.6. The van der Waals surface area contributed by atoms with Gasteiger partial charge in [-0.3, -0.25) is 9.59 Å². The van der Waals surface area contributed by atoms with Crippen molar-refractivity contribution in [3.05, 3.63) is 34.2 Å². The Balaban J connectivity index is 3.12. The number of carbonyl (C=O) groups excluding carboxylic acids is 1. The lowest BCUT2D eigenvalue weighted by atomic mass is 10.2. The fourth-order valence-electron chi connectivity index (χ4n) is 1.38. The molecule has 17 heavy (non-hydrogen) atoms. The van der Waals surface area contributed by atoms with E-state index >= 15 is 0 Å². The van der Waals surface area contributed by atoms with Gasteiger partial charge in [-0.1, -0.05) is 0 Å². The molecule has 0 saturated carbocycles. The maximum Gasteiger partial charge on any atom is 0.337 e. The third-order valence-electron chi connectivity index (χ3n) is 2.33. The van der Waals surface area contributed by atoms with Gasteiger partial charge in [0.05, 0.1) is 5.56 Å². The zero-order valence-corrected chi connectivity index (χ0v) is 9.64. The monoisotopic (exact) mass is 238 g/mol. The predicted molar refractivity (Wildman–Crippen MR) is 61.1 cm³/mol. The Hall–Kier alpha value is -2.11. The van der Waals surface area contributed by atoms with Gasteiger partial charge in [-0.15, -0.1) is 0 Å². The van der Waals surface area contributed by atoms with Crippen molar-refractivity contribution in [1.82, 2.24) is 9.88 Å². The van der Waals surface area contributed by atoms with Crippen molar-refractivity contribution in [2.75, 3.05) is 6.54 Å². The van der Waals surface area contributed by atoms with E-state index in [0.717, 1.165) is 10.6 Å². The van der Waals surface area contributed by atoms with Crippen molar-refractivity contribution in [2.45, 2.75) is 19.9 Å². The summed E-state index contributed by atoms with van der Waals surface area (Å²) in [5, 5.41) is 11.4. The Kier molecular flexibility index (Phi) is 4.03. The van der Waals surface area contributed by atoms with Crippen LogP contribution in [0.25, 0.3) is 0 Å². The number of nitrogens with one attached hydrogen (secondary N) is 1. The van der Waals surface area contributed by atoms with Gasteiger partial charge in [-0.25, -0.2) is 4.79 Å². The fourth-order valence-corrected chi connectivity index (χ4v) is 1.38. The minimum absolute atomic E-state index is 0.0271. The molecule has 0 aliphatic heterocycles. The average molecular weight is 238 g/mol. The van der Waals surface area contributed by atoms with E-state index in [4.69, 9.17) is 5.11 Å². The van der Waals surface area contributed by atoms with Gasteiger partial charge < -0.3 is 15.0 Å². The lowest BCUT2D eigenvalue weighted by molar-refractivity contribution is -0.123. The highest BCUT2D eigenvalue weighted by Gasteiger charge is 2.16. The van der Waals surface area contributed by atoms with E-state index in [-0.39, 0.29) is 11.5 Å². The van der Waals surface area contributed by atoms with Gasteiger partial charge in [0.25, 0.3) is 5.56 Å². The van der Waals surface area contributed by atoms with Crippen LogP contribution in [0.3, 0.4) is 0 Å². The van der Waals surface area contributed by atoms with Crippen LogP contribution in [-0.2, 0) is 4.79 Å². The van der Waals surface area contributed by atoms with E-state index in [0.29, 0.717) is 6.54 Å². The Morgan fingerprint density at radius 3 is 2.65 bits per heavy atom. The molecule has 1 heterocycles. The van der Waals surface area contributed by atoms with Crippen LogP contribution in [0.2, 0.25) is 0 Å². The molecular weight excluding hydrogens is 224 g/mol. The van der Waals surface area contributed by atoms with Crippen molar-refractivity contribution >= 4 is 11.9 Å². The van der Waals surface area contributed by atoms with Gasteiger partial charge in [-0.05, 0) is 19.9 Å². The van der Waals surface area contributed by atoms with E-state index in [1.54, 1.807) is 6.92 Å². The van der Waals surface area contributed by atoms with Gasteiger partial charge in [-0.2, -0.15) is 0 Å². The van der Waals surface area contributed by atoms with Crippen LogP contribution < -0.4 is 10.9 Å². The third kappa shape index (κ3) is 2.93. The Morgan fingerprint density at radius 2 is 2.12 bits per heavy atom. The number of rotatable bonds is 4. The summed E-state index contributed by atoms with van der Waals surface area (Å²) < 4.78 is 1.11. The largest absolute Gasteiger partial charge is 0.478 e. The third-order valence-corrected chi connectivity index (χ3v) is 2.33. The summed E-state index contributed by atoms with van der Waals surface area (Å²) in [5.41, 5.74) is -0.436. The molecule has 92 valence electrons. The molecule has 0 saturated heterocycles. The van der Waals surface area contributed by atoms with Crippen LogP contribution in [-0.4, -0.2) is 28.1 Å². The molecule has 1 unspecified atom stereocenters. The van der Waals surface area contributed by atoms with E-state index in [1.807, 2.05) is 0 Å². The number of carboxylic acid groups (broad SMARTS) is 1. The van der Waals surface area contributed by atoms with Crippen LogP contribution in [0, 0.1) is 0 Å². The van der Waals surface area contributed by atoms with E-state index in [9.17, 15) is 14.4 Å². The minimum Gasteiger partial charge on any atom is -0.478 e. The molecule has 2 N–H and O–H groups in total. The zero-order chi connectivity index (χ0) is 13.0. The number of aromatic carboxylic acids is 1. The second kappa shape index (κ2) is 5.29. The topological polar surface area (TPSA) is 88.4 Å². The van der Waals surface area contributed by atoms with Crippen LogP contribution >= 0.6 is 0 Å². The van der Waals surface area contributed by atoms with Gasteiger partial charge in [0, 0.05) is 18.8 Å². The summed E-state index contributed by atoms with van der Waals surface area (Å²) in [6, 6.07) is 1.62. The van der Waals surface area contributed by atoms with Crippen molar-refractivity contribution in [3.8, 4) is 0 Å². The molecule has 0 aliphatic carbocycles. The molecule has 0 bridgehead atoms. The van der Waals surface area contributed by atoms with Gasteiger partial charge in [0.15, 0.2) is 0 Å². The van der Waals surface area contributed by atoms with E-state index < -0.39 is 17.6 Å². The predicted octanol–water partition coefficient (Wildman–Crippen LogP) is 0.244. The van der Waals surface area contributed by atoms with Crippen molar-refractivity contribution in [1.29, 1.82) is 0 Å². The number of aromatic nitrogens is 1. The van der Waals surface area contributed by atoms with Crippen molar-refractivity contribution < 1.29 is 14.7 Å². The molecule has 1 rings (SSSR count). The number of carbonyl (C=O) groups is 2. The first-order valence-corrected chi connectivity index (χ1v) is 5.20. The number of pyridine rings is 1. The molecular formula is C11H14N2O4. The first-order valence-electron chi connectivity index (χ1n) is 5.20. The number of carboxylic acids is 1. The normalized spacial score (nSPS) is 11.9. The van der Waals surface area contributed by atoms with E-state index in [1.165, 1.54) is 19.2 Å². The van der Waals surface area contributed by atoms with Gasteiger partial charge in [0.2, 0.25) is 5.91 Å². The molecule has 0 spiro atoms. The fraction of sp³-hybridized carbons (Fsp3) is 0.364. The van der Waals surface area contributed by atoms with Gasteiger partial charge >= 0.3 is 5.97 Å². The van der Waals surface area contributed by atoms with Crippen LogP contribution in [0.5, 0.6) is 0 Å². The smallest absolute Gasteiger partial charge is 0.337 e. The molecule has 1 aromatic heterocycles.